The van der Waals surface area contributed by atoms with E-state index in [0.717, 1.165) is 24.0 Å². The summed E-state index contributed by atoms with van der Waals surface area (Å²) in [5, 5.41) is 0. The van der Waals surface area contributed by atoms with Crippen LogP contribution in [0.25, 0.3) is 0 Å². The van der Waals surface area contributed by atoms with E-state index in [9.17, 15) is 17.6 Å². The molecule has 2 aromatic rings. The van der Waals surface area contributed by atoms with Gasteiger partial charge in [0.15, 0.2) is 0 Å². The van der Waals surface area contributed by atoms with Gasteiger partial charge in [-0.05, 0) is 48.6 Å². The Morgan fingerprint density at radius 1 is 1.07 bits per heavy atom. The van der Waals surface area contributed by atoms with Crippen molar-refractivity contribution in [2.24, 2.45) is 5.41 Å². The maximum Gasteiger partial charge on any atom is 0.244 e. The van der Waals surface area contributed by atoms with Crippen LogP contribution >= 0.6 is 0 Å². The molecule has 2 aromatic carbocycles. The van der Waals surface area contributed by atoms with Crippen LogP contribution in [0.15, 0.2) is 53.4 Å². The first-order valence-electron chi connectivity index (χ1n) is 9.93. The average Bonchev–Trinajstić information content (AvgIpc) is 3.26. The minimum absolute atomic E-state index is 0.123. The Morgan fingerprint density at radius 2 is 1.76 bits per heavy atom. The third kappa shape index (κ3) is 2.74. The Morgan fingerprint density at radius 3 is 2.45 bits per heavy atom. The highest BCUT2D eigenvalue weighted by Gasteiger charge is 2.59. The van der Waals surface area contributed by atoms with Gasteiger partial charge in [-0.2, -0.15) is 4.31 Å². The van der Waals surface area contributed by atoms with Crippen LogP contribution in [0.2, 0.25) is 0 Å². The molecule has 2 aliphatic heterocycles. The quantitative estimate of drug-likeness (QED) is 0.775. The fraction of sp³-hybridized carbons (Fsp3) is 0.409. The largest absolute Gasteiger partial charge is 0.340 e. The maximum atomic E-state index is 13.5. The lowest BCUT2D eigenvalue weighted by Crippen LogP contribution is -2.46. The van der Waals surface area contributed by atoms with Crippen LogP contribution in [0.4, 0.5) is 4.39 Å². The molecule has 7 heteroatoms. The van der Waals surface area contributed by atoms with Crippen molar-refractivity contribution in [3.8, 4) is 0 Å². The Balaban J connectivity index is 1.57. The molecule has 2 heterocycles. The van der Waals surface area contributed by atoms with E-state index < -0.39 is 15.6 Å². The zero-order valence-corrected chi connectivity index (χ0v) is 17.1. The fourth-order valence-electron chi connectivity index (χ4n) is 4.72. The van der Waals surface area contributed by atoms with Crippen LogP contribution in [0.3, 0.4) is 0 Å². The summed E-state index contributed by atoms with van der Waals surface area (Å²) in [4.78, 5) is 15.1. The first-order chi connectivity index (χ1) is 13.8. The van der Waals surface area contributed by atoms with Gasteiger partial charge in [0.1, 0.15) is 5.82 Å². The lowest BCUT2D eigenvalue weighted by molar-refractivity contribution is -0.135. The monoisotopic (exact) mass is 414 g/mol. The summed E-state index contributed by atoms with van der Waals surface area (Å²) in [6.07, 6.45) is 2.35. The van der Waals surface area contributed by atoms with Crippen molar-refractivity contribution in [3.63, 3.8) is 0 Å². The number of benzene rings is 2. The highest BCUT2D eigenvalue weighted by molar-refractivity contribution is 7.89. The van der Waals surface area contributed by atoms with Gasteiger partial charge in [-0.25, -0.2) is 12.8 Å². The third-order valence-electron chi connectivity index (χ3n) is 6.72. The number of carbonyl (C=O) groups is 1. The zero-order valence-electron chi connectivity index (χ0n) is 16.3. The lowest BCUT2D eigenvalue weighted by atomic mass is 9.88. The Labute approximate surface area is 170 Å². The molecule has 1 saturated heterocycles. The molecule has 1 unspecified atom stereocenters. The van der Waals surface area contributed by atoms with Crippen molar-refractivity contribution in [2.75, 3.05) is 13.1 Å². The standard InChI is InChI=1S/C22H23FN2O3S/c1-21(10-11-21)20(26)24-13-12-22(15-24)18-4-2-3-5-19(18)29(27,28)25(22)14-16-6-8-17(23)9-7-16/h2-9H,10-15H2,1H3. The van der Waals surface area contributed by atoms with Crippen LogP contribution in [0.5, 0.6) is 0 Å². The summed E-state index contributed by atoms with van der Waals surface area (Å²) < 4.78 is 41.8. The molecule has 1 aliphatic carbocycles. The summed E-state index contributed by atoms with van der Waals surface area (Å²) in [6, 6.07) is 13.0. The molecule has 1 saturated carbocycles. The number of halogens is 1. The van der Waals surface area contributed by atoms with Crippen LogP contribution < -0.4 is 0 Å². The number of nitrogens with zero attached hydrogens (tertiary/aromatic N) is 2. The van der Waals surface area contributed by atoms with E-state index in [1.165, 1.54) is 16.4 Å². The molecule has 1 amide bonds. The van der Waals surface area contributed by atoms with Gasteiger partial charge in [-0.15, -0.1) is 0 Å². The molecule has 3 aliphatic rings. The minimum atomic E-state index is -3.71. The molecule has 0 radical (unpaired) electrons. The Bertz CT molecular complexity index is 1100. The average molecular weight is 415 g/mol. The normalized spacial score (nSPS) is 26.6. The molecule has 29 heavy (non-hydrogen) atoms. The molecule has 1 atom stereocenters. The van der Waals surface area contributed by atoms with Crippen molar-refractivity contribution in [1.29, 1.82) is 0 Å². The summed E-state index contributed by atoms with van der Waals surface area (Å²) in [7, 11) is -3.71. The van der Waals surface area contributed by atoms with Crippen LogP contribution in [0.1, 0.15) is 37.3 Å². The summed E-state index contributed by atoms with van der Waals surface area (Å²) >= 11 is 0. The summed E-state index contributed by atoms with van der Waals surface area (Å²) in [5.41, 5.74) is 0.425. The maximum absolute atomic E-state index is 13.5. The van der Waals surface area contributed by atoms with Crippen LogP contribution in [-0.2, 0) is 26.9 Å². The number of fused-ring (bicyclic) bond motifs is 2. The Kier molecular flexibility index (Phi) is 3.96. The van der Waals surface area contributed by atoms with Gasteiger partial charge >= 0.3 is 0 Å². The topological polar surface area (TPSA) is 57.7 Å². The molecule has 5 rings (SSSR count). The molecule has 0 bridgehead atoms. The highest BCUT2D eigenvalue weighted by Crippen LogP contribution is 2.52. The van der Waals surface area contributed by atoms with Crippen molar-refractivity contribution in [3.05, 3.63) is 65.5 Å². The van der Waals surface area contributed by atoms with E-state index in [-0.39, 0.29) is 23.7 Å². The molecule has 152 valence electrons. The fourth-order valence-corrected chi connectivity index (χ4v) is 6.78. The summed E-state index contributed by atoms with van der Waals surface area (Å²) in [6.45, 7) is 3.03. The second-order valence-electron chi connectivity index (χ2n) is 8.70. The number of hydrogen-bond acceptors (Lipinski definition) is 3. The van der Waals surface area contributed by atoms with E-state index in [0.29, 0.717) is 24.4 Å². The molecule has 2 fully saturated rings. The van der Waals surface area contributed by atoms with Crippen molar-refractivity contribution in [1.82, 2.24) is 9.21 Å². The first kappa shape index (κ1) is 18.8. The van der Waals surface area contributed by atoms with E-state index in [4.69, 9.17) is 0 Å². The minimum Gasteiger partial charge on any atom is -0.340 e. The van der Waals surface area contributed by atoms with Gasteiger partial charge < -0.3 is 4.90 Å². The van der Waals surface area contributed by atoms with E-state index in [1.54, 1.807) is 24.3 Å². The molecule has 1 spiro atoms. The molecular weight excluding hydrogens is 391 g/mol. The van der Waals surface area contributed by atoms with Gasteiger partial charge in [-0.1, -0.05) is 37.3 Å². The smallest absolute Gasteiger partial charge is 0.244 e. The van der Waals surface area contributed by atoms with Crippen LogP contribution in [-0.4, -0.2) is 36.6 Å². The van der Waals surface area contributed by atoms with Gasteiger partial charge in [0.2, 0.25) is 15.9 Å². The predicted octanol–water partition coefficient (Wildman–Crippen LogP) is 3.26. The van der Waals surface area contributed by atoms with E-state index in [1.807, 2.05) is 24.0 Å². The lowest BCUT2D eigenvalue weighted by Gasteiger charge is -2.34. The Hall–Kier alpha value is -2.25. The number of rotatable bonds is 3. The molecule has 0 aromatic heterocycles. The number of carbonyl (C=O) groups excluding carboxylic acids is 1. The number of sulfonamides is 1. The second-order valence-corrected chi connectivity index (χ2v) is 10.5. The van der Waals surface area contributed by atoms with Gasteiger partial charge in [-0.3, -0.25) is 4.79 Å². The van der Waals surface area contributed by atoms with Crippen molar-refractivity contribution < 1.29 is 17.6 Å². The molecule has 5 nitrogen and oxygen atoms in total. The number of hydrogen-bond donors (Lipinski definition) is 0. The molecule has 0 N–H and O–H groups in total. The highest BCUT2D eigenvalue weighted by atomic mass is 32.2. The van der Waals surface area contributed by atoms with Gasteiger partial charge in [0, 0.05) is 25.0 Å². The second kappa shape index (κ2) is 6.12. The first-order valence-corrected chi connectivity index (χ1v) is 11.4. The third-order valence-corrected chi connectivity index (χ3v) is 8.70. The van der Waals surface area contributed by atoms with E-state index in [2.05, 4.69) is 0 Å². The predicted molar refractivity (Wildman–Crippen MR) is 106 cm³/mol. The van der Waals surface area contributed by atoms with Crippen molar-refractivity contribution >= 4 is 15.9 Å². The van der Waals surface area contributed by atoms with Crippen molar-refractivity contribution in [2.45, 2.75) is 43.2 Å². The van der Waals surface area contributed by atoms with Gasteiger partial charge in [0.25, 0.3) is 0 Å². The SMILES string of the molecule is CC1(C(=O)N2CCC3(C2)c2ccccc2S(=O)(=O)N3Cc2ccc(F)cc2)CC1. The molecular formula is C22H23FN2O3S. The van der Waals surface area contributed by atoms with Gasteiger partial charge in [0.05, 0.1) is 10.4 Å². The zero-order chi connectivity index (χ0) is 20.4. The van der Waals surface area contributed by atoms with E-state index >= 15 is 0 Å². The van der Waals surface area contributed by atoms with Crippen LogP contribution in [0, 0.1) is 11.2 Å². The number of amides is 1. The summed E-state index contributed by atoms with van der Waals surface area (Å²) in [5.74, 6) is -0.232. The number of likely N-dealkylation sites (tertiary alicyclic amines) is 1.